The van der Waals surface area contributed by atoms with Gasteiger partial charge in [-0.25, -0.2) is 9.97 Å². The molecule has 1 aromatic carbocycles. The Bertz CT molecular complexity index is 1090. The van der Waals surface area contributed by atoms with Crippen LogP contribution in [0.15, 0.2) is 36.7 Å². The molecule has 7 heteroatoms. The number of hydrogen-bond donors (Lipinski definition) is 1. The first kappa shape index (κ1) is 26.7. The van der Waals surface area contributed by atoms with Crippen LogP contribution in [0, 0.1) is 11.8 Å². The summed E-state index contributed by atoms with van der Waals surface area (Å²) in [6.07, 6.45) is 7.40. The summed E-state index contributed by atoms with van der Waals surface area (Å²) in [7, 11) is 4.16. The zero-order valence-electron chi connectivity index (χ0n) is 22.3. The Balaban J connectivity index is 1.99. The third-order valence-corrected chi connectivity index (χ3v) is 6.27. The number of carbonyl (C=O) groups excluding carboxylic acids is 1. The molecule has 0 bridgehead atoms. The first-order valence-electron chi connectivity index (χ1n) is 12.8. The molecule has 0 aliphatic heterocycles. The molecule has 0 fully saturated rings. The van der Waals surface area contributed by atoms with Crippen molar-refractivity contribution < 1.29 is 4.79 Å². The van der Waals surface area contributed by atoms with Gasteiger partial charge in [-0.15, -0.1) is 0 Å². The summed E-state index contributed by atoms with van der Waals surface area (Å²) in [5, 5.41) is 0. The molecule has 0 saturated heterocycles. The molecule has 190 valence electrons. The second-order valence-electron chi connectivity index (χ2n) is 10.6. The average Bonchev–Trinajstić information content (AvgIpc) is 3.16. The van der Waals surface area contributed by atoms with E-state index in [1.54, 1.807) is 6.20 Å². The lowest BCUT2D eigenvalue weighted by atomic mass is 10.1. The number of hydrogen-bond acceptors (Lipinski definition) is 5. The van der Waals surface area contributed by atoms with E-state index in [1.807, 2.05) is 39.8 Å². The monoisotopic (exact) mass is 478 g/mol. The largest absolute Gasteiger partial charge is 0.399 e. The standard InChI is InChI=1S/C28H42N6O/c1-20(2)13-16-33(17-14-21(3)4)27(35)23-18-30-28-31-26(22-9-11-24(29)12-10-22)25(34(28)19-23)8-7-15-32(5)6/h9-12,18-21H,7-8,13-17,29H2,1-6H3. The number of aromatic nitrogens is 3. The van der Waals surface area contributed by atoms with Gasteiger partial charge in [0.2, 0.25) is 5.78 Å². The number of imidazole rings is 1. The lowest BCUT2D eigenvalue weighted by Crippen LogP contribution is -2.34. The second-order valence-corrected chi connectivity index (χ2v) is 10.6. The Morgan fingerprint density at radius 1 is 1.00 bits per heavy atom. The van der Waals surface area contributed by atoms with E-state index in [9.17, 15) is 4.79 Å². The van der Waals surface area contributed by atoms with Gasteiger partial charge in [0.15, 0.2) is 0 Å². The topological polar surface area (TPSA) is 79.8 Å². The Morgan fingerprint density at radius 2 is 1.63 bits per heavy atom. The van der Waals surface area contributed by atoms with Crippen molar-refractivity contribution >= 4 is 17.4 Å². The summed E-state index contributed by atoms with van der Waals surface area (Å²) in [5.74, 6) is 1.75. The zero-order valence-corrected chi connectivity index (χ0v) is 22.3. The number of nitrogen functional groups attached to an aromatic ring is 1. The van der Waals surface area contributed by atoms with Gasteiger partial charge in [-0.05, 0) is 70.3 Å². The van der Waals surface area contributed by atoms with Crippen LogP contribution >= 0.6 is 0 Å². The maximum Gasteiger partial charge on any atom is 0.256 e. The molecule has 3 rings (SSSR count). The van der Waals surface area contributed by atoms with Gasteiger partial charge in [-0.1, -0.05) is 39.8 Å². The summed E-state index contributed by atoms with van der Waals surface area (Å²) >= 11 is 0. The number of benzene rings is 1. The zero-order chi connectivity index (χ0) is 25.5. The highest BCUT2D eigenvalue weighted by Gasteiger charge is 2.20. The SMILES string of the molecule is CC(C)CCN(CCC(C)C)C(=O)c1cnc2nc(-c3ccc(N)cc3)c(CCCN(C)C)n2c1. The maximum atomic E-state index is 13.6. The van der Waals surface area contributed by atoms with Crippen LogP contribution in [0.2, 0.25) is 0 Å². The molecule has 0 atom stereocenters. The van der Waals surface area contributed by atoms with E-state index < -0.39 is 0 Å². The molecule has 0 radical (unpaired) electrons. The number of rotatable bonds is 12. The number of nitrogens with two attached hydrogens (primary N) is 1. The minimum absolute atomic E-state index is 0.0441. The van der Waals surface area contributed by atoms with Crippen LogP contribution in [0.1, 0.15) is 63.0 Å². The van der Waals surface area contributed by atoms with Crippen LogP contribution in [-0.4, -0.2) is 63.8 Å². The van der Waals surface area contributed by atoms with E-state index >= 15 is 0 Å². The lowest BCUT2D eigenvalue weighted by molar-refractivity contribution is 0.0740. The summed E-state index contributed by atoms with van der Waals surface area (Å²) < 4.78 is 2.01. The molecule has 0 spiro atoms. The third kappa shape index (κ3) is 7.28. The molecule has 0 saturated carbocycles. The minimum Gasteiger partial charge on any atom is -0.399 e. The fourth-order valence-corrected chi connectivity index (χ4v) is 4.09. The fourth-order valence-electron chi connectivity index (χ4n) is 4.09. The van der Waals surface area contributed by atoms with E-state index in [4.69, 9.17) is 10.7 Å². The summed E-state index contributed by atoms with van der Waals surface area (Å²) in [4.78, 5) is 27.2. The smallest absolute Gasteiger partial charge is 0.256 e. The molecule has 2 aromatic heterocycles. The molecule has 3 aromatic rings. The molecule has 35 heavy (non-hydrogen) atoms. The van der Waals surface area contributed by atoms with Gasteiger partial charge in [-0.3, -0.25) is 9.20 Å². The van der Waals surface area contributed by atoms with E-state index in [1.165, 1.54) is 0 Å². The van der Waals surface area contributed by atoms with Crippen LogP contribution in [0.3, 0.4) is 0 Å². The van der Waals surface area contributed by atoms with Gasteiger partial charge >= 0.3 is 0 Å². The van der Waals surface area contributed by atoms with Crippen molar-refractivity contribution in [3.8, 4) is 11.3 Å². The number of carbonyl (C=O) groups is 1. The number of aryl methyl sites for hydroxylation is 1. The number of amides is 1. The Hall–Kier alpha value is -2.93. The Labute approximate surface area is 210 Å². The molecule has 0 aliphatic carbocycles. The molecular formula is C28H42N6O. The van der Waals surface area contributed by atoms with E-state index in [0.29, 0.717) is 23.2 Å². The van der Waals surface area contributed by atoms with Crippen molar-refractivity contribution in [3.63, 3.8) is 0 Å². The first-order chi connectivity index (χ1) is 16.7. The predicted octanol–water partition coefficient (Wildman–Crippen LogP) is 5.01. The molecule has 1 amide bonds. The number of fused-ring (bicyclic) bond motifs is 1. The fraction of sp³-hybridized carbons (Fsp3) is 0.536. The normalized spacial score (nSPS) is 11.8. The minimum atomic E-state index is 0.0441. The number of nitrogens with zero attached hydrogens (tertiary/aromatic N) is 5. The molecule has 0 unspecified atom stereocenters. The highest BCUT2D eigenvalue weighted by Crippen LogP contribution is 2.26. The highest BCUT2D eigenvalue weighted by atomic mass is 16.2. The second kappa shape index (κ2) is 12.2. The summed E-state index contributed by atoms with van der Waals surface area (Å²) in [6.45, 7) is 11.3. The van der Waals surface area contributed by atoms with Gasteiger partial charge < -0.3 is 15.5 Å². The van der Waals surface area contributed by atoms with E-state index in [0.717, 1.165) is 68.0 Å². The van der Waals surface area contributed by atoms with E-state index in [2.05, 4.69) is 51.7 Å². The molecule has 2 N–H and O–H groups in total. The van der Waals surface area contributed by atoms with Gasteiger partial charge in [-0.2, -0.15) is 0 Å². The Morgan fingerprint density at radius 3 is 2.20 bits per heavy atom. The predicted molar refractivity (Wildman–Crippen MR) is 145 cm³/mol. The molecule has 7 nitrogen and oxygen atoms in total. The van der Waals surface area contributed by atoms with E-state index in [-0.39, 0.29) is 5.91 Å². The van der Waals surface area contributed by atoms with Crippen molar-refractivity contribution in [2.75, 3.05) is 39.5 Å². The van der Waals surface area contributed by atoms with Crippen molar-refractivity contribution in [2.24, 2.45) is 11.8 Å². The van der Waals surface area contributed by atoms with Crippen LogP contribution < -0.4 is 5.73 Å². The van der Waals surface area contributed by atoms with Crippen LogP contribution in [0.5, 0.6) is 0 Å². The van der Waals surface area contributed by atoms with Gasteiger partial charge in [0.25, 0.3) is 5.91 Å². The number of anilines is 1. The quantitative estimate of drug-likeness (QED) is 0.370. The van der Waals surface area contributed by atoms with Gasteiger partial charge in [0.05, 0.1) is 17.0 Å². The van der Waals surface area contributed by atoms with Crippen molar-refractivity contribution in [1.82, 2.24) is 24.2 Å². The molecular weight excluding hydrogens is 436 g/mol. The van der Waals surface area contributed by atoms with Crippen molar-refractivity contribution in [3.05, 3.63) is 47.9 Å². The van der Waals surface area contributed by atoms with Crippen LogP contribution in [0.4, 0.5) is 5.69 Å². The molecule has 0 aliphatic rings. The lowest BCUT2D eigenvalue weighted by Gasteiger charge is -2.24. The first-order valence-corrected chi connectivity index (χ1v) is 12.8. The van der Waals surface area contributed by atoms with Crippen molar-refractivity contribution in [1.29, 1.82) is 0 Å². The van der Waals surface area contributed by atoms with Crippen molar-refractivity contribution in [2.45, 2.75) is 53.4 Å². The molecule has 2 heterocycles. The average molecular weight is 479 g/mol. The summed E-state index contributed by atoms with van der Waals surface area (Å²) in [5.41, 5.74) is 10.2. The van der Waals surface area contributed by atoms with Crippen LogP contribution in [-0.2, 0) is 6.42 Å². The highest BCUT2D eigenvalue weighted by molar-refractivity contribution is 5.94. The Kier molecular flexibility index (Phi) is 9.26. The third-order valence-electron chi connectivity index (χ3n) is 6.27. The van der Waals surface area contributed by atoms with Gasteiger partial charge in [0, 0.05) is 36.7 Å². The van der Waals surface area contributed by atoms with Crippen LogP contribution in [0.25, 0.3) is 17.0 Å². The summed E-state index contributed by atoms with van der Waals surface area (Å²) in [6, 6.07) is 7.79. The van der Waals surface area contributed by atoms with Gasteiger partial charge in [0.1, 0.15) is 0 Å². The maximum absolute atomic E-state index is 13.6.